The third kappa shape index (κ3) is 4.60. The Balaban J connectivity index is 2.29. The number of hydrogen-bond acceptors (Lipinski definition) is 3. The van der Waals surface area contributed by atoms with Gasteiger partial charge in [-0.25, -0.2) is 3.63 Å². The topological polar surface area (TPSA) is 43.4 Å². The molecule has 0 spiro atoms. The van der Waals surface area contributed by atoms with Crippen molar-refractivity contribution in [2.75, 3.05) is 0 Å². The SMILES string of the molecule is O=S(=O)(O[SH2]C=C(c1ccccc1)c1ccccc1)C(F)(F)F. The van der Waals surface area contributed by atoms with E-state index in [4.69, 9.17) is 0 Å². The van der Waals surface area contributed by atoms with E-state index >= 15 is 0 Å². The molecule has 0 atom stereocenters. The Kier molecular flexibility index (Phi) is 5.51. The van der Waals surface area contributed by atoms with Crippen molar-refractivity contribution in [2.24, 2.45) is 0 Å². The molecule has 0 fully saturated rings. The first-order valence-electron chi connectivity index (χ1n) is 6.37. The Hall–Kier alpha value is -1.77. The monoisotopic (exact) mass is 362 g/mol. The first-order chi connectivity index (χ1) is 10.8. The second-order valence-electron chi connectivity index (χ2n) is 4.39. The van der Waals surface area contributed by atoms with Crippen molar-refractivity contribution < 1.29 is 25.2 Å². The van der Waals surface area contributed by atoms with Gasteiger partial charge in [0.05, 0.1) is 0 Å². The van der Waals surface area contributed by atoms with Crippen LogP contribution in [-0.2, 0) is 13.7 Å². The molecule has 3 nitrogen and oxygen atoms in total. The highest BCUT2D eigenvalue weighted by Gasteiger charge is 2.47. The molecule has 0 aromatic heterocycles. The Bertz CT molecular complexity index is 729. The maximum atomic E-state index is 12.3. The molecule has 0 saturated heterocycles. The van der Waals surface area contributed by atoms with Crippen LogP contribution in [0.2, 0.25) is 0 Å². The molecular formula is C15H13F3O3S2. The molecule has 124 valence electrons. The van der Waals surface area contributed by atoms with Crippen LogP contribution in [-0.4, -0.2) is 13.9 Å². The maximum absolute atomic E-state index is 12.3. The van der Waals surface area contributed by atoms with Crippen LogP contribution in [0.5, 0.6) is 0 Å². The molecule has 0 heterocycles. The Morgan fingerprint density at radius 3 is 1.74 bits per heavy atom. The Morgan fingerprint density at radius 1 is 0.913 bits per heavy atom. The highest BCUT2D eigenvalue weighted by Crippen LogP contribution is 2.31. The summed E-state index contributed by atoms with van der Waals surface area (Å²) in [5, 5.41) is 1.34. The zero-order chi connectivity index (χ0) is 16.9. The molecule has 2 rings (SSSR count). The number of alkyl halides is 3. The van der Waals surface area contributed by atoms with E-state index in [2.05, 4.69) is 3.63 Å². The summed E-state index contributed by atoms with van der Waals surface area (Å²) in [7, 11) is -5.59. The average Bonchev–Trinajstić information content (AvgIpc) is 2.52. The molecule has 2 aromatic rings. The van der Waals surface area contributed by atoms with Gasteiger partial charge in [-0.1, -0.05) is 60.7 Å². The molecule has 0 N–H and O–H groups in total. The second-order valence-corrected chi connectivity index (χ2v) is 6.95. The molecule has 2 aromatic carbocycles. The number of hydrogen-bond donors (Lipinski definition) is 0. The molecule has 0 radical (unpaired) electrons. The summed E-state index contributed by atoms with van der Waals surface area (Å²) in [5.41, 5.74) is -3.33. The summed E-state index contributed by atoms with van der Waals surface area (Å²) in [4.78, 5) is 0. The van der Waals surface area contributed by atoms with E-state index in [-0.39, 0.29) is 0 Å². The van der Waals surface area contributed by atoms with Gasteiger partial charge in [0.1, 0.15) is 0 Å². The molecule has 8 heteroatoms. The predicted molar refractivity (Wildman–Crippen MR) is 86.4 cm³/mol. The van der Waals surface area contributed by atoms with E-state index < -0.39 is 27.7 Å². The van der Waals surface area contributed by atoms with Crippen molar-refractivity contribution in [1.82, 2.24) is 0 Å². The number of halogens is 3. The minimum atomic E-state index is -5.59. The van der Waals surface area contributed by atoms with Gasteiger partial charge in [0, 0.05) is 0 Å². The van der Waals surface area contributed by atoms with E-state index in [0.717, 1.165) is 11.1 Å². The van der Waals surface area contributed by atoms with Gasteiger partial charge in [0.2, 0.25) is 0 Å². The van der Waals surface area contributed by atoms with Crippen LogP contribution >= 0.6 is 12.0 Å². The summed E-state index contributed by atoms with van der Waals surface area (Å²) in [6.07, 6.45) is 0. The minimum absolute atomic E-state index is 0.599. The highest BCUT2D eigenvalue weighted by molar-refractivity contribution is 8.06. The zero-order valence-electron chi connectivity index (χ0n) is 11.6. The van der Waals surface area contributed by atoms with Crippen LogP contribution in [0.25, 0.3) is 5.57 Å². The molecule has 0 aliphatic carbocycles. The summed E-state index contributed by atoms with van der Waals surface area (Å²) < 4.78 is 62.8. The normalized spacial score (nSPS) is 12.8. The lowest BCUT2D eigenvalue weighted by molar-refractivity contribution is -0.0493. The summed E-state index contributed by atoms with van der Waals surface area (Å²) in [6, 6.07) is 17.8. The fourth-order valence-corrected chi connectivity index (χ4v) is 3.29. The molecule has 0 aliphatic heterocycles. The average molecular weight is 362 g/mol. The van der Waals surface area contributed by atoms with Crippen molar-refractivity contribution in [1.29, 1.82) is 0 Å². The second kappa shape index (κ2) is 7.20. The fraction of sp³-hybridized carbons (Fsp3) is 0.0667. The summed E-state index contributed by atoms with van der Waals surface area (Å²) in [6.45, 7) is 0. The fourth-order valence-electron chi connectivity index (χ4n) is 1.76. The first-order valence-corrected chi connectivity index (χ1v) is 8.77. The lowest BCUT2D eigenvalue weighted by atomic mass is 10.00. The van der Waals surface area contributed by atoms with Gasteiger partial charge < -0.3 is 0 Å². The maximum Gasteiger partial charge on any atom is 0.523 e. The molecule has 0 saturated carbocycles. The van der Waals surface area contributed by atoms with Crippen molar-refractivity contribution in [3.63, 3.8) is 0 Å². The molecule has 0 aliphatic rings. The lowest BCUT2D eigenvalue weighted by Crippen LogP contribution is -2.23. The van der Waals surface area contributed by atoms with Gasteiger partial charge >= 0.3 is 15.6 Å². The third-order valence-electron chi connectivity index (χ3n) is 2.81. The van der Waals surface area contributed by atoms with E-state index in [1.807, 2.05) is 0 Å². The molecule has 23 heavy (non-hydrogen) atoms. The third-order valence-corrected chi connectivity index (χ3v) is 5.05. The summed E-state index contributed by atoms with van der Waals surface area (Å²) >= 11 is -0.981. The van der Waals surface area contributed by atoms with Crippen molar-refractivity contribution in [3.05, 3.63) is 77.2 Å². The Labute approximate surface area is 136 Å². The number of benzene rings is 2. The van der Waals surface area contributed by atoms with Crippen LogP contribution < -0.4 is 0 Å². The quantitative estimate of drug-likeness (QED) is 0.754. The van der Waals surface area contributed by atoms with Crippen LogP contribution in [0.1, 0.15) is 11.1 Å². The zero-order valence-corrected chi connectivity index (χ0v) is 13.4. The minimum Gasteiger partial charge on any atom is -0.215 e. The van der Waals surface area contributed by atoms with Gasteiger partial charge in [-0.3, -0.25) is 0 Å². The number of rotatable bonds is 5. The lowest BCUT2D eigenvalue weighted by Gasteiger charge is -2.11. The highest BCUT2D eigenvalue weighted by atomic mass is 32.3. The van der Waals surface area contributed by atoms with Gasteiger partial charge in [0.25, 0.3) is 0 Å². The largest absolute Gasteiger partial charge is 0.523 e. The smallest absolute Gasteiger partial charge is 0.215 e. The first kappa shape index (κ1) is 17.6. The van der Waals surface area contributed by atoms with Crippen molar-refractivity contribution >= 4 is 27.7 Å². The van der Waals surface area contributed by atoms with Gasteiger partial charge in [-0.15, -0.1) is 12.0 Å². The van der Waals surface area contributed by atoms with Crippen LogP contribution in [0, 0.1) is 0 Å². The van der Waals surface area contributed by atoms with E-state index in [1.54, 1.807) is 60.7 Å². The van der Waals surface area contributed by atoms with Crippen molar-refractivity contribution in [2.45, 2.75) is 5.51 Å². The Morgan fingerprint density at radius 2 is 1.35 bits per heavy atom. The van der Waals surface area contributed by atoms with E-state index in [9.17, 15) is 21.6 Å². The van der Waals surface area contributed by atoms with Gasteiger partial charge in [-0.2, -0.15) is 21.6 Å². The van der Waals surface area contributed by atoms with Crippen LogP contribution in [0.3, 0.4) is 0 Å². The standard InChI is InChI=1S/C15H13F3O3S2/c16-15(17,18)23(19,20)21-22-11-14(12-7-3-1-4-8-12)13-9-5-2-6-10-13/h1-11H,22H2. The molecule has 0 bridgehead atoms. The molecule has 0 unspecified atom stereocenters. The van der Waals surface area contributed by atoms with Crippen molar-refractivity contribution in [3.8, 4) is 0 Å². The van der Waals surface area contributed by atoms with E-state index in [1.165, 1.54) is 5.41 Å². The molecular weight excluding hydrogens is 349 g/mol. The van der Waals surface area contributed by atoms with Gasteiger partial charge in [0.15, 0.2) is 0 Å². The van der Waals surface area contributed by atoms with Crippen LogP contribution in [0.4, 0.5) is 13.2 Å². The van der Waals surface area contributed by atoms with Gasteiger partial charge in [-0.05, 0) is 22.1 Å². The predicted octanol–water partition coefficient (Wildman–Crippen LogP) is 4.05. The van der Waals surface area contributed by atoms with E-state index in [0.29, 0.717) is 5.57 Å². The summed E-state index contributed by atoms with van der Waals surface area (Å²) in [5.74, 6) is 0. The molecule has 0 amide bonds. The van der Waals surface area contributed by atoms with Crippen LogP contribution in [0.15, 0.2) is 66.1 Å².